The van der Waals surface area contributed by atoms with E-state index in [2.05, 4.69) is 47.6 Å². The number of hydrogen-bond donors (Lipinski definition) is 0. The molecule has 158 valence electrons. The van der Waals surface area contributed by atoms with E-state index in [0.717, 1.165) is 33.5 Å². The van der Waals surface area contributed by atoms with Crippen molar-refractivity contribution < 1.29 is 14.1 Å². The van der Waals surface area contributed by atoms with E-state index >= 15 is 0 Å². The zero-order valence-electron chi connectivity index (χ0n) is 17.9. The normalized spacial score (nSPS) is 11.2. The topological polar surface area (TPSA) is 52.3 Å². The number of esters is 1. The molecular weight excluding hydrogens is 398 g/mol. The molecule has 0 atom stereocenters. The van der Waals surface area contributed by atoms with E-state index in [1.807, 2.05) is 49.4 Å². The lowest BCUT2D eigenvalue weighted by Gasteiger charge is -2.11. The van der Waals surface area contributed by atoms with E-state index in [4.69, 9.17) is 9.26 Å². The molecule has 0 radical (unpaired) electrons. The summed E-state index contributed by atoms with van der Waals surface area (Å²) in [6, 6.07) is 28.6. The summed E-state index contributed by atoms with van der Waals surface area (Å²) in [5.41, 5.74) is 3.04. The zero-order valence-corrected chi connectivity index (χ0v) is 17.9. The van der Waals surface area contributed by atoms with Crippen LogP contribution in [0.1, 0.15) is 28.6 Å². The molecule has 4 aromatic carbocycles. The molecule has 0 aliphatic carbocycles. The second-order valence-corrected chi connectivity index (χ2v) is 7.73. The Balaban J connectivity index is 1.70. The van der Waals surface area contributed by atoms with Crippen LogP contribution in [0.3, 0.4) is 0 Å². The number of benzene rings is 4. The number of aromatic nitrogens is 1. The van der Waals surface area contributed by atoms with Gasteiger partial charge in [0.25, 0.3) is 0 Å². The van der Waals surface area contributed by atoms with E-state index < -0.39 is 5.97 Å². The fraction of sp³-hybridized carbons (Fsp3) is 0.143. The maximum Gasteiger partial charge on any atom is 0.344 e. The lowest BCUT2D eigenvalue weighted by molar-refractivity contribution is 0.0524. The summed E-state index contributed by atoms with van der Waals surface area (Å²) in [7, 11) is 0. The SMILES string of the molecule is CCOC(=O)c1c(-c2c3ccccc3cc3ccccc23)noc1CCc1ccccc1. The van der Waals surface area contributed by atoms with Gasteiger partial charge in [0.2, 0.25) is 0 Å². The Labute approximate surface area is 186 Å². The minimum atomic E-state index is -0.399. The molecule has 0 saturated carbocycles. The Morgan fingerprint density at radius 1 is 0.844 bits per heavy atom. The van der Waals surface area contributed by atoms with Gasteiger partial charge in [0, 0.05) is 12.0 Å². The van der Waals surface area contributed by atoms with E-state index in [-0.39, 0.29) is 6.61 Å². The van der Waals surface area contributed by atoms with Crippen molar-refractivity contribution in [2.24, 2.45) is 0 Å². The van der Waals surface area contributed by atoms with Gasteiger partial charge in [-0.1, -0.05) is 84.0 Å². The number of aryl methyl sites for hydroxylation is 2. The van der Waals surface area contributed by atoms with Gasteiger partial charge in [-0.2, -0.15) is 0 Å². The van der Waals surface area contributed by atoms with Crippen molar-refractivity contribution in [3.05, 3.63) is 102 Å². The highest BCUT2D eigenvalue weighted by Gasteiger charge is 2.27. The van der Waals surface area contributed by atoms with Crippen LogP contribution in [-0.4, -0.2) is 17.7 Å². The molecule has 0 amide bonds. The molecule has 32 heavy (non-hydrogen) atoms. The first kappa shape index (κ1) is 20.0. The molecule has 0 aliphatic heterocycles. The number of rotatable bonds is 6. The van der Waals surface area contributed by atoms with Crippen molar-refractivity contribution in [3.8, 4) is 11.3 Å². The smallest absolute Gasteiger partial charge is 0.344 e. The fourth-order valence-corrected chi connectivity index (χ4v) is 4.25. The highest BCUT2D eigenvalue weighted by molar-refractivity contribution is 6.14. The van der Waals surface area contributed by atoms with Gasteiger partial charge >= 0.3 is 5.97 Å². The summed E-state index contributed by atoms with van der Waals surface area (Å²) in [5.74, 6) is 0.156. The van der Waals surface area contributed by atoms with Crippen molar-refractivity contribution >= 4 is 27.5 Å². The molecule has 1 aromatic heterocycles. The third-order valence-electron chi connectivity index (χ3n) is 5.73. The summed E-state index contributed by atoms with van der Waals surface area (Å²) in [6.07, 6.45) is 1.31. The van der Waals surface area contributed by atoms with Gasteiger partial charge in [-0.05, 0) is 46.5 Å². The number of nitrogens with zero attached hydrogens (tertiary/aromatic N) is 1. The number of ether oxygens (including phenoxy) is 1. The van der Waals surface area contributed by atoms with E-state index in [9.17, 15) is 4.79 Å². The Hall–Kier alpha value is -3.92. The first-order chi connectivity index (χ1) is 15.8. The monoisotopic (exact) mass is 421 g/mol. The van der Waals surface area contributed by atoms with Crippen molar-refractivity contribution in [1.82, 2.24) is 5.16 Å². The quantitative estimate of drug-likeness (QED) is 0.229. The maximum atomic E-state index is 13.1. The third-order valence-corrected chi connectivity index (χ3v) is 5.73. The summed E-state index contributed by atoms with van der Waals surface area (Å²) >= 11 is 0. The number of hydrogen-bond acceptors (Lipinski definition) is 4. The molecule has 0 aliphatic rings. The lowest BCUT2D eigenvalue weighted by atomic mass is 9.92. The Bertz CT molecular complexity index is 1350. The van der Waals surface area contributed by atoms with Crippen LogP contribution in [0.2, 0.25) is 0 Å². The van der Waals surface area contributed by atoms with Crippen LogP contribution in [0.4, 0.5) is 0 Å². The molecule has 0 spiro atoms. The summed E-state index contributed by atoms with van der Waals surface area (Å²) in [4.78, 5) is 13.1. The molecule has 0 bridgehead atoms. The fourth-order valence-electron chi connectivity index (χ4n) is 4.25. The molecule has 0 saturated heterocycles. The van der Waals surface area contributed by atoms with Gasteiger partial charge in [-0.25, -0.2) is 4.79 Å². The van der Waals surface area contributed by atoms with E-state index in [1.165, 1.54) is 5.56 Å². The highest BCUT2D eigenvalue weighted by Crippen LogP contribution is 2.38. The Morgan fingerprint density at radius 3 is 2.12 bits per heavy atom. The number of carbonyl (C=O) groups excluding carboxylic acids is 1. The minimum absolute atomic E-state index is 0.290. The van der Waals surface area contributed by atoms with E-state index in [1.54, 1.807) is 0 Å². The van der Waals surface area contributed by atoms with Gasteiger partial charge in [-0.15, -0.1) is 0 Å². The van der Waals surface area contributed by atoms with Crippen molar-refractivity contribution in [3.63, 3.8) is 0 Å². The van der Waals surface area contributed by atoms with E-state index in [0.29, 0.717) is 23.4 Å². The first-order valence-corrected chi connectivity index (χ1v) is 10.9. The van der Waals surface area contributed by atoms with Crippen molar-refractivity contribution in [1.29, 1.82) is 0 Å². The summed E-state index contributed by atoms with van der Waals surface area (Å²) in [5, 5.41) is 8.66. The summed E-state index contributed by atoms with van der Waals surface area (Å²) < 4.78 is 11.2. The molecule has 4 nitrogen and oxygen atoms in total. The second-order valence-electron chi connectivity index (χ2n) is 7.73. The van der Waals surface area contributed by atoms with Crippen LogP contribution in [-0.2, 0) is 17.6 Å². The predicted molar refractivity (Wildman–Crippen MR) is 127 cm³/mol. The molecule has 0 fully saturated rings. The zero-order chi connectivity index (χ0) is 21.9. The maximum absolute atomic E-state index is 13.1. The number of fused-ring (bicyclic) bond motifs is 2. The molecule has 4 heteroatoms. The lowest BCUT2D eigenvalue weighted by Crippen LogP contribution is -2.08. The molecule has 0 unspecified atom stereocenters. The standard InChI is InChI=1S/C28H23NO3/c1-2-31-28(30)26-24(17-16-19-10-4-3-5-11-19)32-29-27(26)25-22-14-8-6-12-20(22)18-21-13-7-9-15-23(21)25/h3-15,18H,2,16-17H2,1H3. The van der Waals surface area contributed by atoms with Gasteiger partial charge in [0.05, 0.1) is 6.61 Å². The third kappa shape index (κ3) is 3.65. The second kappa shape index (κ2) is 8.67. The highest BCUT2D eigenvalue weighted by atomic mass is 16.5. The Morgan fingerprint density at radius 2 is 1.47 bits per heavy atom. The summed E-state index contributed by atoms with van der Waals surface area (Å²) in [6.45, 7) is 2.10. The van der Waals surface area contributed by atoms with Crippen molar-refractivity contribution in [2.45, 2.75) is 19.8 Å². The van der Waals surface area contributed by atoms with Gasteiger partial charge in [0.1, 0.15) is 11.3 Å². The molecule has 1 heterocycles. The van der Waals surface area contributed by atoms with Crippen LogP contribution < -0.4 is 0 Å². The molecule has 5 aromatic rings. The van der Waals surface area contributed by atoms with Gasteiger partial charge in [0.15, 0.2) is 5.76 Å². The van der Waals surface area contributed by atoms with Crippen LogP contribution in [0.25, 0.3) is 32.8 Å². The van der Waals surface area contributed by atoms with Crippen LogP contribution in [0.15, 0.2) is 89.5 Å². The average Bonchev–Trinajstić information content (AvgIpc) is 3.25. The molecular formula is C28H23NO3. The number of carbonyl (C=O) groups is 1. The predicted octanol–water partition coefficient (Wildman–Crippen LogP) is 6.61. The molecule has 0 N–H and O–H groups in total. The average molecular weight is 421 g/mol. The van der Waals surface area contributed by atoms with Crippen LogP contribution in [0, 0.1) is 0 Å². The largest absolute Gasteiger partial charge is 0.462 e. The minimum Gasteiger partial charge on any atom is -0.462 e. The molecule has 5 rings (SSSR count). The first-order valence-electron chi connectivity index (χ1n) is 10.9. The van der Waals surface area contributed by atoms with Crippen LogP contribution >= 0.6 is 0 Å². The van der Waals surface area contributed by atoms with Gasteiger partial charge in [-0.3, -0.25) is 0 Å². The van der Waals surface area contributed by atoms with Crippen LogP contribution in [0.5, 0.6) is 0 Å². The van der Waals surface area contributed by atoms with Gasteiger partial charge < -0.3 is 9.26 Å². The van der Waals surface area contributed by atoms with Crippen molar-refractivity contribution in [2.75, 3.05) is 6.61 Å². The Kier molecular flexibility index (Phi) is 5.42.